The molecular formula is C11H13NO. The molecule has 0 N–H and O–H groups in total. The first-order valence-corrected chi connectivity index (χ1v) is 4.35. The third kappa shape index (κ3) is 1.33. The van der Waals surface area contributed by atoms with Gasteiger partial charge in [-0.15, -0.1) is 0 Å². The summed E-state index contributed by atoms with van der Waals surface area (Å²) < 4.78 is 7.28. The summed E-state index contributed by atoms with van der Waals surface area (Å²) in [5.41, 5.74) is 2.51. The van der Waals surface area contributed by atoms with Gasteiger partial charge >= 0.3 is 0 Å². The van der Waals surface area contributed by atoms with Crippen LogP contribution in [0.4, 0.5) is 0 Å². The Hall–Kier alpha value is -1.28. The Kier molecular flexibility index (Phi) is 2.07. The summed E-state index contributed by atoms with van der Waals surface area (Å²) in [5, 5.41) is 1.28. The van der Waals surface area contributed by atoms with Crippen molar-refractivity contribution in [1.82, 2.24) is 4.57 Å². The van der Waals surface area contributed by atoms with E-state index in [0.29, 0.717) is 6.61 Å². The maximum absolute atomic E-state index is 5.15. The number of rotatable bonds is 2. The highest BCUT2D eigenvalue weighted by atomic mass is 16.5. The smallest absolute Gasteiger partial charge is 0.0733 e. The van der Waals surface area contributed by atoms with Gasteiger partial charge in [-0.2, -0.15) is 0 Å². The van der Waals surface area contributed by atoms with Crippen molar-refractivity contribution in [3.8, 4) is 0 Å². The van der Waals surface area contributed by atoms with Crippen LogP contribution in [0.15, 0.2) is 30.5 Å². The Bertz CT molecular complexity index is 417. The second-order valence-corrected chi connectivity index (χ2v) is 3.21. The van der Waals surface area contributed by atoms with Crippen molar-refractivity contribution in [3.05, 3.63) is 36.0 Å². The van der Waals surface area contributed by atoms with Gasteiger partial charge in [0.05, 0.1) is 12.1 Å². The topological polar surface area (TPSA) is 14.2 Å². The molecule has 2 rings (SSSR count). The third-order valence-corrected chi connectivity index (χ3v) is 2.28. The summed E-state index contributed by atoms with van der Waals surface area (Å²) in [6.07, 6.45) is 2.07. The number of benzene rings is 1. The normalized spacial score (nSPS) is 10.9. The van der Waals surface area contributed by atoms with Gasteiger partial charge in [-0.1, -0.05) is 18.2 Å². The van der Waals surface area contributed by atoms with E-state index in [0.717, 1.165) is 0 Å². The fourth-order valence-electron chi connectivity index (χ4n) is 1.71. The van der Waals surface area contributed by atoms with Gasteiger partial charge in [0.1, 0.15) is 0 Å². The number of ether oxygens (including phenoxy) is 1. The van der Waals surface area contributed by atoms with Crippen LogP contribution in [0.1, 0.15) is 5.56 Å². The van der Waals surface area contributed by atoms with Gasteiger partial charge in [-0.3, -0.25) is 0 Å². The van der Waals surface area contributed by atoms with E-state index in [9.17, 15) is 0 Å². The Morgan fingerprint density at radius 2 is 2.15 bits per heavy atom. The molecule has 0 spiro atoms. The zero-order valence-corrected chi connectivity index (χ0v) is 7.95. The Balaban J connectivity index is 2.65. The van der Waals surface area contributed by atoms with Gasteiger partial charge in [0.15, 0.2) is 0 Å². The van der Waals surface area contributed by atoms with E-state index in [1.54, 1.807) is 7.11 Å². The minimum absolute atomic E-state index is 0.676. The minimum atomic E-state index is 0.676. The molecule has 0 amide bonds. The van der Waals surface area contributed by atoms with Crippen LogP contribution in [-0.2, 0) is 18.4 Å². The maximum Gasteiger partial charge on any atom is 0.0733 e. The number of methoxy groups -OCH3 is 1. The fraction of sp³-hybridized carbons (Fsp3) is 0.273. The zero-order chi connectivity index (χ0) is 9.26. The molecule has 0 radical (unpaired) electrons. The lowest BCUT2D eigenvalue weighted by atomic mass is 10.1. The summed E-state index contributed by atoms with van der Waals surface area (Å²) in [6, 6.07) is 8.41. The summed E-state index contributed by atoms with van der Waals surface area (Å²) in [6.45, 7) is 0.676. The zero-order valence-electron chi connectivity index (χ0n) is 7.95. The van der Waals surface area contributed by atoms with E-state index in [2.05, 4.69) is 42.1 Å². The van der Waals surface area contributed by atoms with Crippen molar-refractivity contribution in [2.45, 2.75) is 6.61 Å². The lowest BCUT2D eigenvalue weighted by Gasteiger charge is -2.04. The molecule has 0 aliphatic rings. The Morgan fingerprint density at radius 1 is 1.31 bits per heavy atom. The molecule has 0 atom stereocenters. The van der Waals surface area contributed by atoms with Gasteiger partial charge in [-0.05, 0) is 11.5 Å². The van der Waals surface area contributed by atoms with Gasteiger partial charge in [-0.25, -0.2) is 0 Å². The lowest BCUT2D eigenvalue weighted by Crippen LogP contribution is -1.93. The van der Waals surface area contributed by atoms with Gasteiger partial charge in [0, 0.05) is 25.9 Å². The maximum atomic E-state index is 5.15. The average molecular weight is 175 g/mol. The molecule has 1 aromatic heterocycles. The SMILES string of the molecule is COCc1cccc2ccn(C)c12. The van der Waals surface area contributed by atoms with Crippen molar-refractivity contribution >= 4 is 10.9 Å². The van der Waals surface area contributed by atoms with Crippen LogP contribution in [0.2, 0.25) is 0 Å². The molecule has 1 aromatic carbocycles. The van der Waals surface area contributed by atoms with Gasteiger partial charge < -0.3 is 9.30 Å². The largest absolute Gasteiger partial charge is 0.380 e. The van der Waals surface area contributed by atoms with Gasteiger partial charge in [0.2, 0.25) is 0 Å². The number of fused-ring (bicyclic) bond motifs is 1. The number of para-hydroxylation sites is 1. The van der Waals surface area contributed by atoms with Crippen LogP contribution in [0.3, 0.4) is 0 Å². The Morgan fingerprint density at radius 3 is 2.92 bits per heavy atom. The number of hydrogen-bond acceptors (Lipinski definition) is 1. The molecular weight excluding hydrogens is 162 g/mol. The van der Waals surface area contributed by atoms with Crippen LogP contribution >= 0.6 is 0 Å². The molecule has 13 heavy (non-hydrogen) atoms. The van der Waals surface area contributed by atoms with E-state index in [-0.39, 0.29) is 0 Å². The molecule has 2 heteroatoms. The molecule has 1 heterocycles. The number of aromatic nitrogens is 1. The molecule has 0 aliphatic carbocycles. The van der Waals surface area contributed by atoms with Crippen molar-refractivity contribution in [2.24, 2.45) is 7.05 Å². The Labute approximate surface area is 77.7 Å². The highest BCUT2D eigenvalue weighted by Crippen LogP contribution is 2.19. The summed E-state index contributed by atoms with van der Waals surface area (Å²) in [7, 11) is 3.78. The standard InChI is InChI=1S/C11H13NO/c1-12-7-6-9-4-3-5-10(8-13-2)11(9)12/h3-7H,8H2,1-2H3. The first kappa shape index (κ1) is 8.32. The molecule has 68 valence electrons. The first-order chi connectivity index (χ1) is 6.33. The molecule has 0 saturated carbocycles. The van der Waals surface area contributed by atoms with Gasteiger partial charge in [0.25, 0.3) is 0 Å². The predicted molar refractivity (Wildman–Crippen MR) is 53.6 cm³/mol. The fourth-order valence-corrected chi connectivity index (χ4v) is 1.71. The second kappa shape index (κ2) is 3.23. The highest BCUT2D eigenvalue weighted by Gasteiger charge is 2.02. The van der Waals surface area contributed by atoms with Crippen molar-refractivity contribution in [1.29, 1.82) is 0 Å². The monoisotopic (exact) mass is 175 g/mol. The highest BCUT2D eigenvalue weighted by molar-refractivity contribution is 5.83. The number of aryl methyl sites for hydroxylation is 1. The van der Waals surface area contributed by atoms with Crippen LogP contribution in [0, 0.1) is 0 Å². The average Bonchev–Trinajstić information content (AvgIpc) is 2.50. The molecule has 2 nitrogen and oxygen atoms in total. The van der Waals surface area contributed by atoms with E-state index in [4.69, 9.17) is 4.74 Å². The van der Waals surface area contributed by atoms with Crippen LogP contribution in [0.25, 0.3) is 10.9 Å². The lowest BCUT2D eigenvalue weighted by molar-refractivity contribution is 0.185. The molecule has 2 aromatic rings. The van der Waals surface area contributed by atoms with E-state index < -0.39 is 0 Å². The second-order valence-electron chi connectivity index (χ2n) is 3.21. The first-order valence-electron chi connectivity index (χ1n) is 4.35. The molecule has 0 unspecified atom stereocenters. The van der Waals surface area contributed by atoms with E-state index in [1.807, 2.05) is 0 Å². The number of hydrogen-bond donors (Lipinski definition) is 0. The van der Waals surface area contributed by atoms with Crippen molar-refractivity contribution in [2.75, 3.05) is 7.11 Å². The predicted octanol–water partition coefficient (Wildman–Crippen LogP) is 2.32. The van der Waals surface area contributed by atoms with Crippen molar-refractivity contribution in [3.63, 3.8) is 0 Å². The van der Waals surface area contributed by atoms with E-state index >= 15 is 0 Å². The molecule has 0 bridgehead atoms. The summed E-state index contributed by atoms with van der Waals surface area (Å²) in [4.78, 5) is 0. The number of nitrogens with zero attached hydrogens (tertiary/aromatic N) is 1. The summed E-state index contributed by atoms with van der Waals surface area (Å²) in [5.74, 6) is 0. The molecule has 0 fully saturated rings. The third-order valence-electron chi connectivity index (χ3n) is 2.28. The van der Waals surface area contributed by atoms with E-state index in [1.165, 1.54) is 16.5 Å². The van der Waals surface area contributed by atoms with Crippen LogP contribution in [-0.4, -0.2) is 11.7 Å². The van der Waals surface area contributed by atoms with Crippen LogP contribution < -0.4 is 0 Å². The molecule has 0 saturated heterocycles. The van der Waals surface area contributed by atoms with Crippen molar-refractivity contribution < 1.29 is 4.74 Å². The summed E-state index contributed by atoms with van der Waals surface area (Å²) >= 11 is 0. The molecule has 0 aliphatic heterocycles. The quantitative estimate of drug-likeness (QED) is 0.683. The minimum Gasteiger partial charge on any atom is -0.380 e. The van der Waals surface area contributed by atoms with Crippen LogP contribution in [0.5, 0.6) is 0 Å².